The molecule has 0 unspecified atom stereocenters. The second-order valence-corrected chi connectivity index (χ2v) is 7.99. The number of hydrogen-bond acceptors (Lipinski definition) is 5. The quantitative estimate of drug-likeness (QED) is 0.318. The number of carbonyl (C=O) groups is 1. The lowest BCUT2D eigenvalue weighted by atomic mass is 10.1. The Morgan fingerprint density at radius 2 is 2.03 bits per heavy atom. The summed E-state index contributed by atoms with van der Waals surface area (Å²) in [6.07, 6.45) is 1.49. The molecular formula is C23H19BrClN3O3. The van der Waals surface area contributed by atoms with E-state index in [0.29, 0.717) is 37.9 Å². The Balaban J connectivity index is 1.91. The number of rotatable bonds is 6. The standard InChI is InChI=1S/C23H19BrClN3O3/c1-14-8-15(2)28(27-14)23(29)18(12-26)9-16-10-19(24)22(21(11-16)30-3)31-13-17-6-4-5-7-20(17)25/h4-11H,13H2,1-3H3/b18-9+. The first kappa shape index (κ1) is 22.6. The highest BCUT2D eigenvalue weighted by Crippen LogP contribution is 2.38. The normalized spacial score (nSPS) is 11.2. The fraction of sp³-hybridized carbons (Fsp3) is 0.174. The number of nitriles is 1. The number of nitrogens with zero attached hydrogens (tertiary/aromatic N) is 3. The lowest BCUT2D eigenvalue weighted by Crippen LogP contribution is -2.15. The lowest BCUT2D eigenvalue weighted by molar-refractivity contribution is 0.0943. The van der Waals surface area contributed by atoms with Gasteiger partial charge < -0.3 is 9.47 Å². The maximum atomic E-state index is 12.7. The van der Waals surface area contributed by atoms with Gasteiger partial charge in [0, 0.05) is 16.3 Å². The molecule has 0 radical (unpaired) electrons. The molecule has 1 heterocycles. The van der Waals surface area contributed by atoms with Crippen molar-refractivity contribution in [2.24, 2.45) is 0 Å². The van der Waals surface area contributed by atoms with Crippen LogP contribution in [0.3, 0.4) is 0 Å². The van der Waals surface area contributed by atoms with Crippen molar-refractivity contribution in [1.29, 1.82) is 5.26 Å². The van der Waals surface area contributed by atoms with Gasteiger partial charge in [-0.2, -0.15) is 10.4 Å². The van der Waals surface area contributed by atoms with Crippen LogP contribution in [0.4, 0.5) is 0 Å². The molecule has 31 heavy (non-hydrogen) atoms. The van der Waals surface area contributed by atoms with Crippen molar-refractivity contribution >= 4 is 39.5 Å². The average Bonchev–Trinajstić information content (AvgIpc) is 3.09. The first-order chi connectivity index (χ1) is 14.8. The number of aromatic nitrogens is 2. The van der Waals surface area contributed by atoms with E-state index in [1.54, 1.807) is 38.1 Å². The zero-order chi connectivity index (χ0) is 22.5. The molecule has 0 bridgehead atoms. The number of methoxy groups -OCH3 is 1. The van der Waals surface area contributed by atoms with Crippen LogP contribution in [0.5, 0.6) is 11.5 Å². The summed E-state index contributed by atoms with van der Waals surface area (Å²) in [5.41, 5.74) is 2.74. The van der Waals surface area contributed by atoms with Gasteiger partial charge in [0.1, 0.15) is 18.2 Å². The molecule has 3 aromatic rings. The van der Waals surface area contributed by atoms with Crippen LogP contribution in [-0.2, 0) is 6.61 Å². The molecule has 0 saturated heterocycles. The topological polar surface area (TPSA) is 77.1 Å². The van der Waals surface area contributed by atoms with Gasteiger partial charge in [-0.3, -0.25) is 4.79 Å². The maximum absolute atomic E-state index is 12.7. The number of benzene rings is 2. The Hall–Kier alpha value is -3.08. The summed E-state index contributed by atoms with van der Waals surface area (Å²) in [5.74, 6) is 0.439. The largest absolute Gasteiger partial charge is 0.493 e. The predicted molar refractivity (Wildman–Crippen MR) is 122 cm³/mol. The molecule has 0 aliphatic rings. The Labute approximate surface area is 193 Å². The first-order valence-electron chi connectivity index (χ1n) is 9.27. The second-order valence-electron chi connectivity index (χ2n) is 6.73. The molecule has 0 amide bonds. The summed E-state index contributed by atoms with van der Waals surface area (Å²) in [7, 11) is 1.52. The third kappa shape index (κ3) is 5.16. The Morgan fingerprint density at radius 1 is 1.29 bits per heavy atom. The number of hydrogen-bond donors (Lipinski definition) is 0. The molecule has 8 heteroatoms. The van der Waals surface area contributed by atoms with Gasteiger partial charge in [0.25, 0.3) is 5.91 Å². The summed E-state index contributed by atoms with van der Waals surface area (Å²) >= 11 is 9.68. The highest BCUT2D eigenvalue weighted by atomic mass is 79.9. The van der Waals surface area contributed by atoms with Crippen molar-refractivity contribution in [3.8, 4) is 17.6 Å². The van der Waals surface area contributed by atoms with E-state index in [1.165, 1.54) is 17.9 Å². The van der Waals surface area contributed by atoms with E-state index >= 15 is 0 Å². The molecule has 0 atom stereocenters. The molecule has 3 rings (SSSR count). The Morgan fingerprint density at radius 3 is 2.65 bits per heavy atom. The molecule has 0 fully saturated rings. The molecule has 0 spiro atoms. The average molecular weight is 501 g/mol. The number of ether oxygens (including phenoxy) is 2. The number of halogens is 2. The molecule has 2 aromatic carbocycles. The summed E-state index contributed by atoms with van der Waals surface area (Å²) in [6.45, 7) is 3.80. The van der Waals surface area contributed by atoms with Crippen LogP contribution in [0.2, 0.25) is 5.02 Å². The van der Waals surface area contributed by atoms with E-state index in [2.05, 4.69) is 21.0 Å². The summed E-state index contributed by atoms with van der Waals surface area (Å²) in [6, 6.07) is 14.6. The third-order valence-corrected chi connectivity index (χ3v) is 5.40. The fourth-order valence-electron chi connectivity index (χ4n) is 2.99. The minimum absolute atomic E-state index is 0.0510. The summed E-state index contributed by atoms with van der Waals surface area (Å²) in [5, 5.41) is 14.3. The van der Waals surface area contributed by atoms with E-state index < -0.39 is 5.91 Å². The van der Waals surface area contributed by atoms with Crippen LogP contribution in [0.1, 0.15) is 27.3 Å². The van der Waals surface area contributed by atoms with Gasteiger partial charge >= 0.3 is 0 Å². The Bertz CT molecular complexity index is 1210. The minimum Gasteiger partial charge on any atom is -0.493 e. The van der Waals surface area contributed by atoms with Crippen molar-refractivity contribution in [2.75, 3.05) is 7.11 Å². The first-order valence-corrected chi connectivity index (χ1v) is 10.4. The van der Waals surface area contributed by atoms with Gasteiger partial charge in [0.05, 0.1) is 17.3 Å². The maximum Gasteiger partial charge on any atom is 0.289 e. The van der Waals surface area contributed by atoms with Crippen molar-refractivity contribution in [3.63, 3.8) is 0 Å². The number of aryl methyl sites for hydroxylation is 2. The summed E-state index contributed by atoms with van der Waals surface area (Å²) in [4.78, 5) is 12.7. The number of carbonyl (C=O) groups excluding carboxylic acids is 1. The van der Waals surface area contributed by atoms with E-state index in [-0.39, 0.29) is 12.2 Å². The number of allylic oxidation sites excluding steroid dienone is 1. The van der Waals surface area contributed by atoms with E-state index in [9.17, 15) is 10.1 Å². The van der Waals surface area contributed by atoms with Crippen LogP contribution >= 0.6 is 27.5 Å². The van der Waals surface area contributed by atoms with Crippen molar-refractivity contribution in [2.45, 2.75) is 20.5 Å². The minimum atomic E-state index is -0.498. The third-order valence-electron chi connectivity index (χ3n) is 4.45. The molecular weight excluding hydrogens is 482 g/mol. The van der Waals surface area contributed by atoms with E-state index in [1.807, 2.05) is 24.3 Å². The second kappa shape index (κ2) is 9.82. The molecule has 158 valence electrons. The van der Waals surface area contributed by atoms with Gasteiger partial charge in [-0.1, -0.05) is 29.8 Å². The monoisotopic (exact) mass is 499 g/mol. The molecule has 0 aliphatic carbocycles. The van der Waals surface area contributed by atoms with Crippen LogP contribution in [0.15, 0.2) is 52.5 Å². The van der Waals surface area contributed by atoms with Crippen LogP contribution in [0.25, 0.3) is 6.08 Å². The van der Waals surface area contributed by atoms with Gasteiger partial charge in [-0.25, -0.2) is 4.68 Å². The molecule has 0 N–H and O–H groups in total. The van der Waals surface area contributed by atoms with Crippen molar-refractivity contribution < 1.29 is 14.3 Å². The van der Waals surface area contributed by atoms with Crippen molar-refractivity contribution in [1.82, 2.24) is 9.78 Å². The Kier molecular flexibility index (Phi) is 7.16. The van der Waals surface area contributed by atoms with E-state index in [0.717, 1.165) is 5.56 Å². The smallest absolute Gasteiger partial charge is 0.289 e. The van der Waals surface area contributed by atoms with Gasteiger partial charge in [0.15, 0.2) is 11.5 Å². The summed E-state index contributed by atoms with van der Waals surface area (Å²) < 4.78 is 13.2. The van der Waals surface area contributed by atoms with Crippen molar-refractivity contribution in [3.05, 3.63) is 80.0 Å². The molecule has 0 saturated carbocycles. The highest BCUT2D eigenvalue weighted by Gasteiger charge is 2.17. The van der Waals surface area contributed by atoms with E-state index in [4.69, 9.17) is 21.1 Å². The highest BCUT2D eigenvalue weighted by molar-refractivity contribution is 9.10. The van der Waals surface area contributed by atoms with Gasteiger partial charge in [0.2, 0.25) is 0 Å². The lowest BCUT2D eigenvalue weighted by Gasteiger charge is -2.14. The predicted octanol–water partition coefficient (Wildman–Crippen LogP) is 5.75. The van der Waals surface area contributed by atoms with Gasteiger partial charge in [-0.15, -0.1) is 0 Å². The fourth-order valence-corrected chi connectivity index (χ4v) is 3.75. The van der Waals surface area contributed by atoms with Gasteiger partial charge in [-0.05, 0) is 65.7 Å². The van der Waals surface area contributed by atoms with Crippen LogP contribution < -0.4 is 9.47 Å². The molecule has 6 nitrogen and oxygen atoms in total. The molecule has 0 aliphatic heterocycles. The SMILES string of the molecule is COc1cc(/C=C(\C#N)C(=O)n2nc(C)cc2C)cc(Br)c1OCc1ccccc1Cl. The molecule has 1 aromatic heterocycles. The van der Waals surface area contributed by atoms with Crippen LogP contribution in [-0.4, -0.2) is 22.8 Å². The zero-order valence-corrected chi connectivity index (χ0v) is 19.5. The zero-order valence-electron chi connectivity index (χ0n) is 17.1. The van der Waals surface area contributed by atoms with Crippen LogP contribution in [0, 0.1) is 25.2 Å².